The van der Waals surface area contributed by atoms with Crippen LogP contribution in [0.1, 0.15) is 19.4 Å². The van der Waals surface area contributed by atoms with E-state index in [0.717, 1.165) is 25.3 Å². The smallest absolute Gasteiger partial charge is 0.118 e. The normalized spacial score (nSPS) is 11.9. The molecule has 1 N–H and O–H groups in total. The summed E-state index contributed by atoms with van der Waals surface area (Å²) in [6.45, 7) is 6.49. The summed E-state index contributed by atoms with van der Waals surface area (Å²) in [5.74, 6) is 0.917. The number of likely N-dealkylation sites (N-methyl/N-ethyl adjacent to an activating group) is 1. The Labute approximate surface area is 111 Å². The maximum absolute atomic E-state index is 5.14. The molecule has 0 aliphatic rings. The summed E-state index contributed by atoms with van der Waals surface area (Å²) in [7, 11) is 5.93. The van der Waals surface area contributed by atoms with Gasteiger partial charge in [0.05, 0.1) is 7.11 Å². The predicted molar refractivity (Wildman–Crippen MR) is 77.3 cm³/mol. The first-order valence-corrected chi connectivity index (χ1v) is 6.47. The predicted octanol–water partition coefficient (Wildman–Crippen LogP) is 2.17. The summed E-state index contributed by atoms with van der Waals surface area (Å²) in [6, 6.07) is 8.27. The van der Waals surface area contributed by atoms with Crippen molar-refractivity contribution in [2.45, 2.75) is 25.8 Å². The summed E-state index contributed by atoms with van der Waals surface area (Å²) >= 11 is 0. The van der Waals surface area contributed by atoms with Gasteiger partial charge in [-0.3, -0.25) is 0 Å². The molecule has 0 unspecified atom stereocenters. The highest BCUT2D eigenvalue weighted by Crippen LogP contribution is 2.11. The SMILES string of the molecule is COc1ccc(CCNCC(C)(C)N(C)C)cc1. The van der Waals surface area contributed by atoms with Crippen molar-refractivity contribution in [1.82, 2.24) is 10.2 Å². The van der Waals surface area contributed by atoms with Crippen molar-refractivity contribution in [3.63, 3.8) is 0 Å². The standard InChI is InChI=1S/C15H26N2O/c1-15(2,17(3)4)12-16-11-10-13-6-8-14(18-5)9-7-13/h6-9,16H,10-12H2,1-5H3. The van der Waals surface area contributed by atoms with Gasteiger partial charge in [-0.25, -0.2) is 0 Å². The van der Waals surface area contributed by atoms with Gasteiger partial charge in [-0.1, -0.05) is 12.1 Å². The lowest BCUT2D eigenvalue weighted by Crippen LogP contribution is -2.47. The molecule has 0 heterocycles. The van der Waals surface area contributed by atoms with Crippen LogP contribution in [0.15, 0.2) is 24.3 Å². The first-order valence-electron chi connectivity index (χ1n) is 6.47. The zero-order valence-electron chi connectivity index (χ0n) is 12.3. The molecule has 3 nitrogen and oxygen atoms in total. The van der Waals surface area contributed by atoms with Gasteiger partial charge in [0.25, 0.3) is 0 Å². The van der Waals surface area contributed by atoms with Crippen molar-refractivity contribution < 1.29 is 4.74 Å². The molecule has 1 aromatic rings. The van der Waals surface area contributed by atoms with Gasteiger partial charge < -0.3 is 15.0 Å². The zero-order chi connectivity index (χ0) is 13.6. The van der Waals surface area contributed by atoms with Crippen molar-refractivity contribution in [1.29, 1.82) is 0 Å². The third-order valence-electron chi connectivity index (χ3n) is 3.52. The molecule has 0 aliphatic carbocycles. The van der Waals surface area contributed by atoms with Crippen molar-refractivity contribution in [3.05, 3.63) is 29.8 Å². The molecule has 0 radical (unpaired) electrons. The average Bonchev–Trinajstić information content (AvgIpc) is 2.35. The minimum Gasteiger partial charge on any atom is -0.497 e. The largest absolute Gasteiger partial charge is 0.497 e. The van der Waals surface area contributed by atoms with Crippen LogP contribution in [0.25, 0.3) is 0 Å². The van der Waals surface area contributed by atoms with Gasteiger partial charge in [-0.15, -0.1) is 0 Å². The maximum Gasteiger partial charge on any atom is 0.118 e. The Morgan fingerprint density at radius 2 is 1.78 bits per heavy atom. The van der Waals surface area contributed by atoms with Crippen LogP contribution in [0.5, 0.6) is 5.75 Å². The Morgan fingerprint density at radius 1 is 1.17 bits per heavy atom. The van der Waals surface area contributed by atoms with Crippen molar-refractivity contribution >= 4 is 0 Å². The third-order valence-corrected chi connectivity index (χ3v) is 3.52. The van der Waals surface area contributed by atoms with E-state index >= 15 is 0 Å². The van der Waals surface area contributed by atoms with E-state index in [4.69, 9.17) is 4.74 Å². The first kappa shape index (κ1) is 15.0. The second-order valence-electron chi connectivity index (χ2n) is 5.48. The van der Waals surface area contributed by atoms with E-state index < -0.39 is 0 Å². The Morgan fingerprint density at radius 3 is 2.28 bits per heavy atom. The summed E-state index contributed by atoms with van der Waals surface area (Å²) < 4.78 is 5.14. The minimum atomic E-state index is 0.194. The minimum absolute atomic E-state index is 0.194. The molecule has 0 atom stereocenters. The second kappa shape index (κ2) is 6.76. The number of nitrogens with zero attached hydrogens (tertiary/aromatic N) is 1. The molecule has 1 aromatic carbocycles. The van der Waals surface area contributed by atoms with Gasteiger partial charge in [-0.05, 0) is 58.6 Å². The number of benzene rings is 1. The molecular weight excluding hydrogens is 224 g/mol. The number of methoxy groups -OCH3 is 1. The molecule has 0 aliphatic heterocycles. The molecule has 0 aromatic heterocycles. The molecule has 0 amide bonds. The van der Waals surface area contributed by atoms with E-state index in [1.807, 2.05) is 12.1 Å². The van der Waals surface area contributed by atoms with Crippen LogP contribution in [0.4, 0.5) is 0 Å². The van der Waals surface area contributed by atoms with Crippen LogP contribution in [0.3, 0.4) is 0 Å². The van der Waals surface area contributed by atoms with Gasteiger partial charge in [0.1, 0.15) is 5.75 Å². The van der Waals surface area contributed by atoms with Gasteiger partial charge in [0, 0.05) is 12.1 Å². The van der Waals surface area contributed by atoms with Crippen LogP contribution in [0.2, 0.25) is 0 Å². The van der Waals surface area contributed by atoms with Crippen LogP contribution < -0.4 is 10.1 Å². The lowest BCUT2D eigenvalue weighted by molar-refractivity contribution is 0.190. The van der Waals surface area contributed by atoms with Gasteiger partial charge in [-0.2, -0.15) is 0 Å². The molecule has 0 fully saturated rings. The van der Waals surface area contributed by atoms with Crippen LogP contribution >= 0.6 is 0 Å². The maximum atomic E-state index is 5.14. The first-order chi connectivity index (χ1) is 8.45. The number of ether oxygens (including phenoxy) is 1. The van der Waals surface area contributed by atoms with Gasteiger partial charge in [0.15, 0.2) is 0 Å². The van der Waals surface area contributed by atoms with E-state index in [-0.39, 0.29) is 5.54 Å². The van der Waals surface area contributed by atoms with Crippen LogP contribution in [0, 0.1) is 0 Å². The number of nitrogens with one attached hydrogen (secondary N) is 1. The van der Waals surface area contributed by atoms with Crippen LogP contribution in [-0.2, 0) is 6.42 Å². The van der Waals surface area contributed by atoms with E-state index in [2.05, 4.69) is 50.3 Å². The van der Waals surface area contributed by atoms with E-state index in [1.54, 1.807) is 7.11 Å². The molecule has 0 saturated carbocycles. The fraction of sp³-hybridized carbons (Fsp3) is 0.600. The lowest BCUT2D eigenvalue weighted by Gasteiger charge is -2.32. The Bertz CT molecular complexity index is 344. The summed E-state index contributed by atoms with van der Waals surface area (Å²) in [5, 5.41) is 3.51. The van der Waals surface area contributed by atoms with E-state index in [9.17, 15) is 0 Å². The Hall–Kier alpha value is -1.06. The highest BCUT2D eigenvalue weighted by Gasteiger charge is 2.19. The second-order valence-corrected chi connectivity index (χ2v) is 5.48. The Balaban J connectivity index is 2.29. The summed E-state index contributed by atoms with van der Waals surface area (Å²) in [5.41, 5.74) is 1.53. The average molecular weight is 250 g/mol. The molecular formula is C15H26N2O. The Kier molecular flexibility index (Phi) is 5.63. The summed E-state index contributed by atoms with van der Waals surface area (Å²) in [4.78, 5) is 2.24. The topological polar surface area (TPSA) is 24.5 Å². The number of hydrogen-bond donors (Lipinski definition) is 1. The quantitative estimate of drug-likeness (QED) is 0.751. The third kappa shape index (κ3) is 4.67. The number of rotatable bonds is 7. The zero-order valence-corrected chi connectivity index (χ0v) is 12.3. The van der Waals surface area contributed by atoms with Gasteiger partial charge >= 0.3 is 0 Å². The van der Waals surface area contributed by atoms with Gasteiger partial charge in [0.2, 0.25) is 0 Å². The number of hydrogen-bond acceptors (Lipinski definition) is 3. The van der Waals surface area contributed by atoms with Crippen molar-refractivity contribution in [2.24, 2.45) is 0 Å². The van der Waals surface area contributed by atoms with Crippen LogP contribution in [-0.4, -0.2) is 44.7 Å². The molecule has 0 bridgehead atoms. The molecule has 102 valence electrons. The molecule has 18 heavy (non-hydrogen) atoms. The molecule has 3 heteroatoms. The molecule has 0 spiro atoms. The van der Waals surface area contributed by atoms with Crippen molar-refractivity contribution in [3.8, 4) is 5.75 Å². The highest BCUT2D eigenvalue weighted by molar-refractivity contribution is 5.27. The van der Waals surface area contributed by atoms with E-state index in [1.165, 1.54) is 5.56 Å². The fourth-order valence-corrected chi connectivity index (χ4v) is 1.58. The van der Waals surface area contributed by atoms with Crippen molar-refractivity contribution in [2.75, 3.05) is 34.3 Å². The highest BCUT2D eigenvalue weighted by atomic mass is 16.5. The fourth-order valence-electron chi connectivity index (χ4n) is 1.58. The monoisotopic (exact) mass is 250 g/mol. The molecule has 1 rings (SSSR count). The summed E-state index contributed by atoms with van der Waals surface area (Å²) in [6.07, 6.45) is 1.05. The molecule has 0 saturated heterocycles. The van der Waals surface area contributed by atoms with E-state index in [0.29, 0.717) is 0 Å². The lowest BCUT2D eigenvalue weighted by atomic mass is 10.0.